The van der Waals surface area contributed by atoms with Crippen molar-refractivity contribution in [3.05, 3.63) is 57.6 Å². The Morgan fingerprint density at radius 1 is 1.04 bits per heavy atom. The van der Waals surface area contributed by atoms with E-state index < -0.39 is 4.92 Å². The number of methoxy groups -OCH3 is 3. The van der Waals surface area contributed by atoms with E-state index in [-0.39, 0.29) is 5.69 Å². The molecule has 0 aliphatic rings. The first-order chi connectivity index (χ1) is 13.5. The standard InChI is InChI=1S/C20H27N3O5/c1-26-17-7-4-6-15(10-17)13-22(9-5-8-21)14-16-11-19(27-2)20(28-3)12-18(16)23(24)25/h4,6-7,10-12H,5,8-9,13-14,21H2,1-3H3. The zero-order valence-corrected chi connectivity index (χ0v) is 16.5. The Hall–Kier alpha value is -2.84. The van der Waals surface area contributed by atoms with Crippen LogP contribution in [0.2, 0.25) is 0 Å². The third-order valence-corrected chi connectivity index (χ3v) is 4.39. The van der Waals surface area contributed by atoms with Crippen molar-refractivity contribution in [2.24, 2.45) is 5.73 Å². The van der Waals surface area contributed by atoms with Crippen LogP contribution in [0.25, 0.3) is 0 Å². The minimum absolute atomic E-state index is 0.000964. The summed E-state index contributed by atoms with van der Waals surface area (Å²) in [7, 11) is 4.59. The van der Waals surface area contributed by atoms with E-state index in [1.165, 1.54) is 20.3 Å². The molecule has 2 aromatic carbocycles. The quantitative estimate of drug-likeness (QED) is 0.466. The number of nitro groups is 1. The number of nitrogens with two attached hydrogens (primary N) is 1. The van der Waals surface area contributed by atoms with E-state index in [0.717, 1.165) is 17.7 Å². The molecule has 0 unspecified atom stereocenters. The molecular formula is C20H27N3O5. The van der Waals surface area contributed by atoms with Gasteiger partial charge in [-0.1, -0.05) is 12.1 Å². The highest BCUT2D eigenvalue weighted by atomic mass is 16.6. The Morgan fingerprint density at radius 2 is 1.75 bits per heavy atom. The van der Waals surface area contributed by atoms with Crippen molar-refractivity contribution in [2.75, 3.05) is 34.4 Å². The molecule has 0 aromatic heterocycles. The fraction of sp³-hybridized carbons (Fsp3) is 0.400. The Labute approximate surface area is 165 Å². The van der Waals surface area contributed by atoms with E-state index in [9.17, 15) is 10.1 Å². The molecule has 0 aliphatic heterocycles. The van der Waals surface area contributed by atoms with E-state index in [2.05, 4.69) is 4.90 Å². The van der Waals surface area contributed by atoms with Crippen LogP contribution in [0.5, 0.6) is 17.2 Å². The summed E-state index contributed by atoms with van der Waals surface area (Å²) in [6.07, 6.45) is 0.783. The number of hydrogen-bond acceptors (Lipinski definition) is 7. The fourth-order valence-corrected chi connectivity index (χ4v) is 3.01. The maximum Gasteiger partial charge on any atom is 0.277 e. The molecule has 8 heteroatoms. The summed E-state index contributed by atoms with van der Waals surface area (Å²) in [5.74, 6) is 1.57. The highest BCUT2D eigenvalue weighted by molar-refractivity contribution is 5.54. The predicted molar refractivity (Wildman–Crippen MR) is 107 cm³/mol. The largest absolute Gasteiger partial charge is 0.497 e. The van der Waals surface area contributed by atoms with E-state index in [4.69, 9.17) is 19.9 Å². The third kappa shape index (κ3) is 5.58. The second-order valence-corrected chi connectivity index (χ2v) is 6.30. The van der Waals surface area contributed by atoms with Gasteiger partial charge in [0, 0.05) is 25.2 Å². The van der Waals surface area contributed by atoms with Crippen LogP contribution in [0, 0.1) is 10.1 Å². The molecule has 0 bridgehead atoms. The normalized spacial score (nSPS) is 10.8. The van der Waals surface area contributed by atoms with Crippen LogP contribution >= 0.6 is 0 Å². The van der Waals surface area contributed by atoms with E-state index in [0.29, 0.717) is 43.2 Å². The van der Waals surface area contributed by atoms with Gasteiger partial charge in [0.05, 0.1) is 32.3 Å². The predicted octanol–water partition coefficient (Wildman–Crippen LogP) is 2.97. The average molecular weight is 389 g/mol. The lowest BCUT2D eigenvalue weighted by atomic mass is 10.1. The molecule has 152 valence electrons. The Bertz CT molecular complexity index is 797. The van der Waals surface area contributed by atoms with Crippen LogP contribution in [-0.2, 0) is 13.1 Å². The number of rotatable bonds is 11. The summed E-state index contributed by atoms with van der Waals surface area (Å²) < 4.78 is 15.8. The van der Waals surface area contributed by atoms with Crippen LogP contribution in [-0.4, -0.2) is 44.2 Å². The van der Waals surface area contributed by atoms with Gasteiger partial charge in [-0.05, 0) is 36.7 Å². The van der Waals surface area contributed by atoms with Gasteiger partial charge in [-0.15, -0.1) is 0 Å². The Morgan fingerprint density at radius 3 is 2.36 bits per heavy atom. The van der Waals surface area contributed by atoms with Crippen LogP contribution in [0.4, 0.5) is 5.69 Å². The first-order valence-electron chi connectivity index (χ1n) is 8.97. The van der Waals surface area contributed by atoms with Crippen molar-refractivity contribution in [3.8, 4) is 17.2 Å². The Balaban J connectivity index is 2.33. The minimum atomic E-state index is -0.399. The molecule has 0 amide bonds. The molecule has 0 aliphatic carbocycles. The monoisotopic (exact) mass is 389 g/mol. The maximum absolute atomic E-state index is 11.6. The molecule has 8 nitrogen and oxygen atoms in total. The number of nitro benzene ring substituents is 1. The van der Waals surface area contributed by atoms with Crippen molar-refractivity contribution in [1.82, 2.24) is 4.90 Å². The van der Waals surface area contributed by atoms with Crippen molar-refractivity contribution < 1.29 is 19.1 Å². The summed E-state index contributed by atoms with van der Waals surface area (Å²) in [5.41, 5.74) is 7.29. The Kier molecular flexibility index (Phi) is 8.03. The second kappa shape index (κ2) is 10.5. The van der Waals surface area contributed by atoms with E-state index in [1.54, 1.807) is 13.2 Å². The number of benzene rings is 2. The molecule has 2 N–H and O–H groups in total. The van der Waals surface area contributed by atoms with Crippen LogP contribution in [0.15, 0.2) is 36.4 Å². The number of hydrogen-bond donors (Lipinski definition) is 1. The van der Waals surface area contributed by atoms with Crippen LogP contribution in [0.1, 0.15) is 17.5 Å². The van der Waals surface area contributed by atoms with Crippen LogP contribution in [0.3, 0.4) is 0 Å². The first-order valence-corrected chi connectivity index (χ1v) is 8.97. The number of nitrogens with zero attached hydrogens (tertiary/aromatic N) is 2. The van der Waals surface area contributed by atoms with Crippen LogP contribution < -0.4 is 19.9 Å². The fourth-order valence-electron chi connectivity index (χ4n) is 3.01. The van der Waals surface area contributed by atoms with Crippen molar-refractivity contribution >= 4 is 5.69 Å². The summed E-state index contributed by atoms with van der Waals surface area (Å²) in [4.78, 5) is 13.3. The molecule has 0 radical (unpaired) electrons. The SMILES string of the molecule is COc1cccc(CN(CCCN)Cc2cc(OC)c(OC)cc2[N+](=O)[O-])c1. The molecule has 0 heterocycles. The molecule has 0 atom stereocenters. The first kappa shape index (κ1) is 21.5. The topological polar surface area (TPSA) is 100 Å². The maximum atomic E-state index is 11.6. The van der Waals surface area contributed by atoms with E-state index >= 15 is 0 Å². The van der Waals surface area contributed by atoms with Gasteiger partial charge < -0.3 is 19.9 Å². The lowest BCUT2D eigenvalue weighted by Gasteiger charge is -2.23. The molecule has 0 saturated heterocycles. The highest BCUT2D eigenvalue weighted by Gasteiger charge is 2.21. The summed E-state index contributed by atoms with van der Waals surface area (Å²) in [5, 5.41) is 11.6. The zero-order valence-electron chi connectivity index (χ0n) is 16.5. The molecule has 0 saturated carbocycles. The lowest BCUT2D eigenvalue weighted by Crippen LogP contribution is -2.26. The molecule has 2 aromatic rings. The van der Waals surface area contributed by atoms with Gasteiger partial charge in [-0.2, -0.15) is 0 Å². The number of ether oxygens (including phenoxy) is 3. The van der Waals surface area contributed by atoms with Crippen molar-refractivity contribution in [2.45, 2.75) is 19.5 Å². The van der Waals surface area contributed by atoms with Crippen molar-refractivity contribution in [1.29, 1.82) is 0 Å². The van der Waals surface area contributed by atoms with E-state index in [1.807, 2.05) is 24.3 Å². The van der Waals surface area contributed by atoms with Crippen molar-refractivity contribution in [3.63, 3.8) is 0 Å². The summed E-state index contributed by atoms with van der Waals surface area (Å²) >= 11 is 0. The summed E-state index contributed by atoms with van der Waals surface area (Å²) in [6.45, 7) is 2.25. The molecule has 28 heavy (non-hydrogen) atoms. The second-order valence-electron chi connectivity index (χ2n) is 6.30. The van der Waals surface area contributed by atoms with Gasteiger partial charge in [0.25, 0.3) is 5.69 Å². The van der Waals surface area contributed by atoms with Gasteiger partial charge >= 0.3 is 0 Å². The van der Waals surface area contributed by atoms with Gasteiger partial charge in [0.15, 0.2) is 11.5 Å². The minimum Gasteiger partial charge on any atom is -0.497 e. The zero-order chi connectivity index (χ0) is 20.5. The van der Waals surface area contributed by atoms with Gasteiger partial charge in [-0.25, -0.2) is 0 Å². The molecule has 0 fully saturated rings. The van der Waals surface area contributed by atoms with Gasteiger partial charge in [0.2, 0.25) is 0 Å². The van der Waals surface area contributed by atoms with Gasteiger partial charge in [-0.3, -0.25) is 15.0 Å². The average Bonchev–Trinajstić information content (AvgIpc) is 2.71. The molecular weight excluding hydrogens is 362 g/mol. The smallest absolute Gasteiger partial charge is 0.277 e. The molecule has 0 spiro atoms. The van der Waals surface area contributed by atoms with Gasteiger partial charge in [0.1, 0.15) is 5.75 Å². The third-order valence-electron chi connectivity index (χ3n) is 4.39. The summed E-state index contributed by atoms with van der Waals surface area (Å²) in [6, 6.07) is 10.8. The molecule has 2 rings (SSSR count). The lowest BCUT2D eigenvalue weighted by molar-refractivity contribution is -0.385. The highest BCUT2D eigenvalue weighted by Crippen LogP contribution is 2.35.